The van der Waals surface area contributed by atoms with E-state index in [1.165, 1.54) is 12.1 Å². The van der Waals surface area contributed by atoms with Crippen LogP contribution in [0.25, 0.3) is 0 Å². The fourth-order valence-corrected chi connectivity index (χ4v) is 2.13. The van der Waals surface area contributed by atoms with Crippen molar-refractivity contribution in [1.29, 1.82) is 5.26 Å². The van der Waals surface area contributed by atoms with Crippen LogP contribution in [-0.2, 0) is 4.79 Å². The highest BCUT2D eigenvalue weighted by molar-refractivity contribution is 5.98. The summed E-state index contributed by atoms with van der Waals surface area (Å²) in [7, 11) is 0. The summed E-state index contributed by atoms with van der Waals surface area (Å²) in [5.41, 5.74) is 0.539. The first-order chi connectivity index (χ1) is 8.63. The lowest BCUT2D eigenvalue weighted by Crippen LogP contribution is -2.59. The molecule has 18 heavy (non-hydrogen) atoms. The zero-order chi connectivity index (χ0) is 13.1. The second-order valence-corrected chi connectivity index (χ2v) is 4.36. The molecular formula is C13H14FN3O. The average molecular weight is 247 g/mol. The van der Waals surface area contributed by atoms with Gasteiger partial charge in [-0.2, -0.15) is 5.26 Å². The van der Waals surface area contributed by atoms with E-state index in [4.69, 9.17) is 5.26 Å². The molecule has 0 spiro atoms. The zero-order valence-electron chi connectivity index (χ0n) is 10.1. The Bertz CT molecular complexity index is 497. The molecule has 0 saturated carbocycles. The molecule has 1 heterocycles. The van der Waals surface area contributed by atoms with Gasteiger partial charge < -0.3 is 10.2 Å². The molecule has 0 aromatic heterocycles. The van der Waals surface area contributed by atoms with Crippen molar-refractivity contribution in [1.82, 2.24) is 5.32 Å². The van der Waals surface area contributed by atoms with Crippen LogP contribution in [-0.4, -0.2) is 24.5 Å². The molecule has 0 radical (unpaired) electrons. The number of benzene rings is 1. The molecule has 0 bridgehead atoms. The van der Waals surface area contributed by atoms with Gasteiger partial charge in [-0.3, -0.25) is 4.79 Å². The molecule has 5 heteroatoms. The number of hydrogen-bond donors (Lipinski definition) is 1. The molecule has 1 aliphatic rings. The molecule has 2 atom stereocenters. The standard InChI is InChI=1S/C13H14FN3O/c1-9-8-16-12(5-6-15)13(18)17(9)11-4-2-3-10(14)7-11/h2-4,7,9,12,16H,5,8H2,1H3. The van der Waals surface area contributed by atoms with Crippen LogP contribution in [0.2, 0.25) is 0 Å². The normalized spacial score (nSPS) is 23.8. The van der Waals surface area contributed by atoms with Crippen molar-refractivity contribution < 1.29 is 9.18 Å². The van der Waals surface area contributed by atoms with Gasteiger partial charge in [0.25, 0.3) is 0 Å². The molecule has 1 amide bonds. The minimum absolute atomic E-state index is 0.0609. The molecule has 1 aliphatic heterocycles. The maximum Gasteiger partial charge on any atom is 0.245 e. The fourth-order valence-electron chi connectivity index (χ4n) is 2.13. The Hall–Kier alpha value is -1.93. The van der Waals surface area contributed by atoms with E-state index in [0.29, 0.717) is 12.2 Å². The Kier molecular flexibility index (Phi) is 3.58. The molecule has 1 N–H and O–H groups in total. The van der Waals surface area contributed by atoms with E-state index < -0.39 is 6.04 Å². The number of nitrogens with zero attached hydrogens (tertiary/aromatic N) is 2. The van der Waals surface area contributed by atoms with E-state index in [1.807, 2.05) is 13.0 Å². The third-order valence-electron chi connectivity index (χ3n) is 3.02. The molecule has 2 unspecified atom stereocenters. The SMILES string of the molecule is CC1CNC(CC#N)C(=O)N1c1cccc(F)c1. The van der Waals surface area contributed by atoms with Crippen molar-refractivity contribution in [3.63, 3.8) is 0 Å². The lowest BCUT2D eigenvalue weighted by atomic mass is 10.1. The fraction of sp³-hybridized carbons (Fsp3) is 0.385. The first-order valence-corrected chi connectivity index (χ1v) is 5.82. The van der Waals surface area contributed by atoms with E-state index in [1.54, 1.807) is 17.0 Å². The first kappa shape index (κ1) is 12.5. The van der Waals surface area contributed by atoms with Crippen LogP contribution in [0, 0.1) is 17.1 Å². The van der Waals surface area contributed by atoms with Gasteiger partial charge in [-0.15, -0.1) is 0 Å². The van der Waals surface area contributed by atoms with Gasteiger partial charge in [-0.1, -0.05) is 6.07 Å². The predicted octanol–water partition coefficient (Wildman–Crippen LogP) is 1.43. The van der Waals surface area contributed by atoms with Gasteiger partial charge in [0.2, 0.25) is 5.91 Å². The highest BCUT2D eigenvalue weighted by Gasteiger charge is 2.33. The number of carbonyl (C=O) groups is 1. The van der Waals surface area contributed by atoms with Gasteiger partial charge in [0, 0.05) is 18.3 Å². The molecule has 1 saturated heterocycles. The van der Waals surface area contributed by atoms with E-state index >= 15 is 0 Å². The smallest absolute Gasteiger partial charge is 0.245 e. The summed E-state index contributed by atoms with van der Waals surface area (Å²) in [6.07, 6.45) is 0.122. The van der Waals surface area contributed by atoms with Crippen LogP contribution in [0.15, 0.2) is 24.3 Å². The molecular weight excluding hydrogens is 233 g/mol. The quantitative estimate of drug-likeness (QED) is 0.860. The number of amides is 1. The van der Waals surface area contributed by atoms with E-state index in [2.05, 4.69) is 5.32 Å². The van der Waals surface area contributed by atoms with Crippen LogP contribution >= 0.6 is 0 Å². The number of piperazine rings is 1. The monoisotopic (exact) mass is 247 g/mol. The van der Waals surface area contributed by atoms with Crippen LogP contribution < -0.4 is 10.2 Å². The number of halogens is 1. The van der Waals surface area contributed by atoms with Gasteiger partial charge in [0.15, 0.2) is 0 Å². The van der Waals surface area contributed by atoms with Gasteiger partial charge in [0.1, 0.15) is 11.9 Å². The summed E-state index contributed by atoms with van der Waals surface area (Å²) in [5.74, 6) is -0.552. The number of nitrogens with one attached hydrogen (secondary N) is 1. The summed E-state index contributed by atoms with van der Waals surface area (Å²) in [5, 5.41) is 11.7. The van der Waals surface area contributed by atoms with Gasteiger partial charge in [0.05, 0.1) is 12.5 Å². The number of rotatable bonds is 2. The third-order valence-corrected chi connectivity index (χ3v) is 3.02. The zero-order valence-corrected chi connectivity index (χ0v) is 10.1. The molecule has 1 aromatic rings. The molecule has 1 aromatic carbocycles. The second-order valence-electron chi connectivity index (χ2n) is 4.36. The van der Waals surface area contributed by atoms with Crippen molar-refractivity contribution in [2.45, 2.75) is 25.4 Å². The Balaban J connectivity index is 2.29. The Labute approximate surface area is 105 Å². The number of anilines is 1. The summed E-state index contributed by atoms with van der Waals surface area (Å²) >= 11 is 0. The number of nitriles is 1. The largest absolute Gasteiger partial charge is 0.307 e. The Morgan fingerprint density at radius 1 is 1.61 bits per heavy atom. The molecule has 4 nitrogen and oxygen atoms in total. The highest BCUT2D eigenvalue weighted by atomic mass is 19.1. The molecule has 1 fully saturated rings. The summed E-state index contributed by atoms with van der Waals surface area (Å²) in [6.45, 7) is 2.48. The number of hydrogen-bond acceptors (Lipinski definition) is 3. The van der Waals surface area contributed by atoms with E-state index in [0.717, 1.165) is 0 Å². The minimum atomic E-state index is -0.505. The van der Waals surface area contributed by atoms with Crippen LogP contribution in [0.5, 0.6) is 0 Å². The Morgan fingerprint density at radius 3 is 3.06 bits per heavy atom. The molecule has 2 rings (SSSR count). The van der Waals surface area contributed by atoms with E-state index in [9.17, 15) is 9.18 Å². The highest BCUT2D eigenvalue weighted by Crippen LogP contribution is 2.22. The van der Waals surface area contributed by atoms with Crippen LogP contribution in [0.4, 0.5) is 10.1 Å². The summed E-state index contributed by atoms with van der Waals surface area (Å²) in [6, 6.07) is 7.37. The van der Waals surface area contributed by atoms with Crippen molar-refractivity contribution in [3.8, 4) is 6.07 Å². The minimum Gasteiger partial charge on any atom is -0.307 e. The lowest BCUT2D eigenvalue weighted by Gasteiger charge is -2.37. The van der Waals surface area contributed by atoms with E-state index in [-0.39, 0.29) is 24.2 Å². The van der Waals surface area contributed by atoms with Crippen molar-refractivity contribution in [2.75, 3.05) is 11.4 Å². The Morgan fingerprint density at radius 2 is 2.39 bits per heavy atom. The topological polar surface area (TPSA) is 56.1 Å². The van der Waals surface area contributed by atoms with Gasteiger partial charge in [-0.25, -0.2) is 4.39 Å². The molecule has 0 aliphatic carbocycles. The number of carbonyl (C=O) groups excluding carboxylic acids is 1. The second kappa shape index (κ2) is 5.15. The van der Waals surface area contributed by atoms with Crippen molar-refractivity contribution in [2.24, 2.45) is 0 Å². The third kappa shape index (κ3) is 2.34. The summed E-state index contributed by atoms with van der Waals surface area (Å²) in [4.78, 5) is 13.8. The van der Waals surface area contributed by atoms with Crippen molar-refractivity contribution >= 4 is 11.6 Å². The van der Waals surface area contributed by atoms with Crippen molar-refractivity contribution in [3.05, 3.63) is 30.1 Å². The summed E-state index contributed by atoms with van der Waals surface area (Å²) < 4.78 is 13.2. The van der Waals surface area contributed by atoms with Gasteiger partial charge >= 0.3 is 0 Å². The maximum atomic E-state index is 13.2. The van der Waals surface area contributed by atoms with Crippen LogP contribution in [0.3, 0.4) is 0 Å². The first-order valence-electron chi connectivity index (χ1n) is 5.82. The predicted molar refractivity (Wildman–Crippen MR) is 65.4 cm³/mol. The maximum absolute atomic E-state index is 13.2. The van der Waals surface area contributed by atoms with Gasteiger partial charge in [-0.05, 0) is 25.1 Å². The van der Waals surface area contributed by atoms with Crippen LogP contribution in [0.1, 0.15) is 13.3 Å². The molecule has 94 valence electrons. The lowest BCUT2D eigenvalue weighted by molar-refractivity contribution is -0.122. The average Bonchev–Trinajstić information content (AvgIpc) is 2.33.